The molecule has 0 radical (unpaired) electrons. The minimum absolute atomic E-state index is 0.207. The summed E-state index contributed by atoms with van der Waals surface area (Å²) in [5.41, 5.74) is 1.60. The molecule has 0 bridgehead atoms. The Labute approximate surface area is 102 Å². The highest BCUT2D eigenvalue weighted by Gasteiger charge is 2.59. The summed E-state index contributed by atoms with van der Waals surface area (Å²) in [5.74, 6) is 0. The van der Waals surface area contributed by atoms with Crippen LogP contribution < -0.4 is 0 Å². The maximum absolute atomic E-state index is 5.92. The SMILES string of the molecule is CC1(C)Sc2ccccc2C2OC2C1(C)C. The van der Waals surface area contributed by atoms with Crippen LogP contribution in [0.5, 0.6) is 0 Å². The van der Waals surface area contributed by atoms with E-state index in [0.717, 1.165) is 0 Å². The molecule has 86 valence electrons. The zero-order valence-corrected chi connectivity index (χ0v) is 11.1. The van der Waals surface area contributed by atoms with E-state index in [1.165, 1.54) is 10.5 Å². The van der Waals surface area contributed by atoms with Gasteiger partial charge in [-0.25, -0.2) is 0 Å². The van der Waals surface area contributed by atoms with E-state index in [4.69, 9.17) is 4.74 Å². The van der Waals surface area contributed by atoms with Gasteiger partial charge < -0.3 is 4.74 Å². The second-order valence-corrected chi connectivity index (χ2v) is 7.51. The van der Waals surface area contributed by atoms with Crippen molar-refractivity contribution in [2.45, 2.75) is 49.5 Å². The van der Waals surface area contributed by atoms with Crippen molar-refractivity contribution in [2.24, 2.45) is 5.41 Å². The summed E-state index contributed by atoms with van der Waals surface area (Å²) in [6.45, 7) is 9.32. The lowest BCUT2D eigenvalue weighted by Crippen LogP contribution is -2.39. The molecular weight excluding hydrogens is 216 g/mol. The molecular formula is C14H18OS. The maximum atomic E-state index is 5.92. The molecule has 2 unspecified atom stereocenters. The molecule has 2 aliphatic rings. The van der Waals surface area contributed by atoms with Crippen LogP contribution in [-0.4, -0.2) is 10.9 Å². The van der Waals surface area contributed by atoms with Gasteiger partial charge in [0, 0.05) is 15.1 Å². The number of rotatable bonds is 0. The summed E-state index contributed by atoms with van der Waals surface area (Å²) in [7, 11) is 0. The van der Waals surface area contributed by atoms with Crippen molar-refractivity contribution in [1.82, 2.24) is 0 Å². The van der Waals surface area contributed by atoms with Crippen LogP contribution in [0.2, 0.25) is 0 Å². The van der Waals surface area contributed by atoms with Gasteiger partial charge in [-0.05, 0) is 25.5 Å². The number of hydrogen-bond acceptors (Lipinski definition) is 2. The fraction of sp³-hybridized carbons (Fsp3) is 0.571. The highest BCUT2D eigenvalue weighted by Crippen LogP contribution is 2.62. The highest BCUT2D eigenvalue weighted by atomic mass is 32.2. The van der Waals surface area contributed by atoms with Crippen molar-refractivity contribution in [1.29, 1.82) is 0 Å². The number of benzene rings is 1. The van der Waals surface area contributed by atoms with Gasteiger partial charge in [0.05, 0.1) is 6.10 Å². The lowest BCUT2D eigenvalue weighted by atomic mass is 9.76. The minimum Gasteiger partial charge on any atom is -0.364 e. The third kappa shape index (κ3) is 1.29. The minimum atomic E-state index is 0.207. The Morgan fingerprint density at radius 1 is 1.12 bits per heavy atom. The Bertz CT molecular complexity index is 436. The van der Waals surface area contributed by atoms with Crippen molar-refractivity contribution in [3.8, 4) is 0 Å². The molecule has 0 saturated carbocycles. The van der Waals surface area contributed by atoms with Gasteiger partial charge in [-0.1, -0.05) is 32.0 Å². The van der Waals surface area contributed by atoms with E-state index in [2.05, 4.69) is 52.0 Å². The first-order valence-electron chi connectivity index (χ1n) is 5.87. The van der Waals surface area contributed by atoms with Crippen LogP contribution in [-0.2, 0) is 4.74 Å². The van der Waals surface area contributed by atoms with E-state index in [1.54, 1.807) is 0 Å². The normalized spacial score (nSPS) is 33.5. The van der Waals surface area contributed by atoms with E-state index >= 15 is 0 Å². The fourth-order valence-corrected chi connectivity index (χ4v) is 3.83. The lowest BCUT2D eigenvalue weighted by Gasteiger charge is -2.39. The third-order valence-electron chi connectivity index (χ3n) is 4.35. The first-order valence-corrected chi connectivity index (χ1v) is 6.68. The molecule has 3 rings (SSSR count). The van der Waals surface area contributed by atoms with Crippen LogP contribution in [0.1, 0.15) is 39.4 Å². The largest absolute Gasteiger partial charge is 0.364 e. The van der Waals surface area contributed by atoms with Crippen LogP contribution in [0.15, 0.2) is 29.2 Å². The molecule has 1 nitrogen and oxygen atoms in total. The number of fused-ring (bicyclic) bond motifs is 3. The molecule has 2 atom stereocenters. The average molecular weight is 234 g/mol. The van der Waals surface area contributed by atoms with Crippen LogP contribution in [0.25, 0.3) is 0 Å². The van der Waals surface area contributed by atoms with E-state index in [1.807, 2.05) is 11.8 Å². The summed E-state index contributed by atoms with van der Waals surface area (Å²) in [6.07, 6.45) is 0.721. The number of epoxide rings is 1. The quantitative estimate of drug-likeness (QED) is 0.628. The van der Waals surface area contributed by atoms with Gasteiger partial charge in [0.15, 0.2) is 0 Å². The predicted octanol–water partition coefficient (Wildman–Crippen LogP) is 4.04. The summed E-state index contributed by atoms with van der Waals surface area (Å²) in [5, 5.41) is 0. The molecule has 2 heteroatoms. The zero-order valence-electron chi connectivity index (χ0n) is 10.3. The van der Waals surface area contributed by atoms with Crippen molar-refractivity contribution in [3.05, 3.63) is 29.8 Å². The lowest BCUT2D eigenvalue weighted by molar-refractivity contribution is 0.195. The monoisotopic (exact) mass is 234 g/mol. The van der Waals surface area contributed by atoms with Crippen molar-refractivity contribution >= 4 is 11.8 Å². The molecule has 0 amide bonds. The Hall–Kier alpha value is -0.470. The molecule has 16 heavy (non-hydrogen) atoms. The van der Waals surface area contributed by atoms with Gasteiger partial charge in [-0.3, -0.25) is 0 Å². The third-order valence-corrected chi connectivity index (χ3v) is 5.97. The summed E-state index contributed by atoms with van der Waals surface area (Å²) >= 11 is 2.00. The van der Waals surface area contributed by atoms with Crippen LogP contribution >= 0.6 is 11.8 Å². The second-order valence-electron chi connectivity index (χ2n) is 5.85. The van der Waals surface area contributed by atoms with E-state index in [9.17, 15) is 0 Å². The van der Waals surface area contributed by atoms with Crippen molar-refractivity contribution < 1.29 is 4.74 Å². The van der Waals surface area contributed by atoms with Gasteiger partial charge >= 0.3 is 0 Å². The molecule has 0 aromatic heterocycles. The first-order chi connectivity index (χ1) is 7.43. The molecule has 1 aromatic rings. The van der Waals surface area contributed by atoms with Crippen molar-refractivity contribution in [3.63, 3.8) is 0 Å². The molecule has 0 spiro atoms. The molecule has 2 heterocycles. The molecule has 2 aliphatic heterocycles. The molecule has 1 saturated heterocycles. The van der Waals surface area contributed by atoms with Gasteiger partial charge in [-0.15, -0.1) is 11.8 Å². The molecule has 1 aromatic carbocycles. The number of thioether (sulfide) groups is 1. The summed E-state index contributed by atoms with van der Waals surface area (Å²) in [6, 6.07) is 8.67. The second kappa shape index (κ2) is 3.05. The van der Waals surface area contributed by atoms with E-state index in [-0.39, 0.29) is 10.2 Å². The fourth-order valence-electron chi connectivity index (χ4n) is 2.46. The number of hydrogen-bond donors (Lipinski definition) is 0. The molecule has 1 fully saturated rings. The Morgan fingerprint density at radius 2 is 1.81 bits per heavy atom. The zero-order chi connectivity index (χ0) is 11.6. The molecule has 0 N–H and O–H groups in total. The Kier molecular flexibility index (Phi) is 2.03. The van der Waals surface area contributed by atoms with Gasteiger partial charge in [0.25, 0.3) is 0 Å². The highest BCUT2D eigenvalue weighted by molar-refractivity contribution is 8.00. The smallest absolute Gasteiger partial charge is 0.111 e. The van der Waals surface area contributed by atoms with Crippen LogP contribution in [0.4, 0.5) is 0 Å². The average Bonchev–Trinajstić information content (AvgIpc) is 2.97. The van der Waals surface area contributed by atoms with Crippen LogP contribution in [0, 0.1) is 5.41 Å². The molecule has 0 aliphatic carbocycles. The topological polar surface area (TPSA) is 12.5 Å². The summed E-state index contributed by atoms with van der Waals surface area (Å²) < 4.78 is 6.13. The standard InChI is InChI=1S/C14H18OS/c1-13(2)12-11(15-12)9-7-5-6-8-10(9)16-14(13,3)4/h5-8,11-12H,1-4H3. The van der Waals surface area contributed by atoms with E-state index in [0.29, 0.717) is 12.2 Å². The first kappa shape index (κ1) is 10.7. The Balaban J connectivity index is 2.13. The Morgan fingerprint density at radius 3 is 2.56 bits per heavy atom. The number of ether oxygens (including phenoxy) is 1. The summed E-state index contributed by atoms with van der Waals surface area (Å²) in [4.78, 5) is 1.39. The van der Waals surface area contributed by atoms with Gasteiger partial charge in [0.1, 0.15) is 6.10 Å². The maximum Gasteiger partial charge on any atom is 0.111 e. The van der Waals surface area contributed by atoms with Gasteiger partial charge in [0.2, 0.25) is 0 Å². The van der Waals surface area contributed by atoms with Crippen LogP contribution in [0.3, 0.4) is 0 Å². The van der Waals surface area contributed by atoms with E-state index < -0.39 is 0 Å². The van der Waals surface area contributed by atoms with Gasteiger partial charge in [-0.2, -0.15) is 0 Å². The predicted molar refractivity (Wildman–Crippen MR) is 67.8 cm³/mol. The van der Waals surface area contributed by atoms with Crippen molar-refractivity contribution in [2.75, 3.05) is 0 Å².